The number of hydrogen-bond donors (Lipinski definition) is 1. The van der Waals surface area contributed by atoms with E-state index >= 15 is 0 Å². The van der Waals surface area contributed by atoms with Gasteiger partial charge in [-0.05, 0) is 24.0 Å². The van der Waals surface area contributed by atoms with Gasteiger partial charge in [0.05, 0.1) is 11.1 Å². The number of carboxylic acids is 1. The Bertz CT molecular complexity index is 636. The van der Waals surface area contributed by atoms with Gasteiger partial charge in [0.1, 0.15) is 11.3 Å². The van der Waals surface area contributed by atoms with Crippen LogP contribution in [0.5, 0.6) is 0 Å². The predicted molar refractivity (Wildman–Crippen MR) is 80.1 cm³/mol. The highest BCUT2D eigenvalue weighted by molar-refractivity contribution is 6.01. The van der Waals surface area contributed by atoms with Crippen LogP contribution in [-0.4, -0.2) is 20.6 Å². The predicted octanol–water partition coefficient (Wildman–Crippen LogP) is 3.73. The van der Waals surface area contributed by atoms with Crippen LogP contribution in [0.25, 0.3) is 11.0 Å². The summed E-state index contributed by atoms with van der Waals surface area (Å²) in [5, 5.41) is 9.30. The van der Waals surface area contributed by atoms with Gasteiger partial charge >= 0.3 is 5.97 Å². The maximum absolute atomic E-state index is 11.3. The molecular formula is C16H22N2O2. The molecule has 4 nitrogen and oxygen atoms in total. The average Bonchev–Trinajstić information content (AvgIpc) is 2.66. The molecule has 0 fully saturated rings. The summed E-state index contributed by atoms with van der Waals surface area (Å²) in [6.45, 7) is 9.47. The fourth-order valence-electron chi connectivity index (χ4n) is 2.43. The van der Waals surface area contributed by atoms with E-state index in [-0.39, 0.29) is 11.0 Å². The van der Waals surface area contributed by atoms with Gasteiger partial charge in [-0.2, -0.15) is 0 Å². The number of imidazole rings is 1. The zero-order chi connectivity index (χ0) is 14.9. The van der Waals surface area contributed by atoms with E-state index in [9.17, 15) is 9.90 Å². The van der Waals surface area contributed by atoms with Gasteiger partial charge < -0.3 is 9.67 Å². The van der Waals surface area contributed by atoms with Crippen LogP contribution in [0.3, 0.4) is 0 Å². The van der Waals surface area contributed by atoms with Crippen LogP contribution in [0, 0.1) is 5.41 Å². The Morgan fingerprint density at radius 2 is 2.05 bits per heavy atom. The summed E-state index contributed by atoms with van der Waals surface area (Å²) in [5.41, 5.74) is 1.93. The molecule has 0 bridgehead atoms. The molecule has 1 aromatic carbocycles. The quantitative estimate of drug-likeness (QED) is 0.924. The normalized spacial score (nSPS) is 12.0. The first-order chi connectivity index (χ1) is 9.33. The summed E-state index contributed by atoms with van der Waals surface area (Å²) < 4.78 is 2.17. The molecule has 0 unspecified atom stereocenters. The maximum atomic E-state index is 11.3. The number of rotatable bonds is 4. The van der Waals surface area contributed by atoms with E-state index in [0.717, 1.165) is 30.7 Å². The number of nitrogens with zero attached hydrogens (tertiary/aromatic N) is 2. The number of carbonyl (C=O) groups is 1. The van der Waals surface area contributed by atoms with Gasteiger partial charge in [0.2, 0.25) is 0 Å². The number of aryl methyl sites for hydroxylation is 1. The van der Waals surface area contributed by atoms with Gasteiger partial charge in [-0.3, -0.25) is 0 Å². The van der Waals surface area contributed by atoms with Crippen molar-refractivity contribution in [2.45, 2.75) is 47.1 Å². The van der Waals surface area contributed by atoms with Crippen LogP contribution in [0.1, 0.15) is 50.3 Å². The molecule has 2 aromatic rings. The van der Waals surface area contributed by atoms with E-state index in [2.05, 4.69) is 37.2 Å². The van der Waals surface area contributed by atoms with E-state index < -0.39 is 5.97 Å². The smallest absolute Gasteiger partial charge is 0.337 e. The lowest BCUT2D eigenvalue weighted by Crippen LogP contribution is -2.17. The third kappa shape index (κ3) is 2.84. The molecule has 4 heteroatoms. The van der Waals surface area contributed by atoms with Crippen LogP contribution in [0.2, 0.25) is 0 Å². The highest BCUT2D eigenvalue weighted by Gasteiger charge is 2.20. The fraction of sp³-hybridized carbons (Fsp3) is 0.500. The lowest BCUT2D eigenvalue weighted by molar-refractivity contribution is 0.0699. The van der Waals surface area contributed by atoms with Crippen molar-refractivity contribution in [3.8, 4) is 0 Å². The minimum Gasteiger partial charge on any atom is -0.478 e. The van der Waals surface area contributed by atoms with Crippen molar-refractivity contribution in [2.75, 3.05) is 0 Å². The summed E-state index contributed by atoms with van der Waals surface area (Å²) in [5.74, 6) is 0.0604. The van der Waals surface area contributed by atoms with Crippen molar-refractivity contribution in [3.05, 3.63) is 29.6 Å². The number of benzene rings is 1. The van der Waals surface area contributed by atoms with Gasteiger partial charge in [-0.1, -0.05) is 33.8 Å². The van der Waals surface area contributed by atoms with Crippen molar-refractivity contribution in [2.24, 2.45) is 5.41 Å². The third-order valence-corrected chi connectivity index (χ3v) is 3.19. The van der Waals surface area contributed by atoms with Gasteiger partial charge in [-0.15, -0.1) is 0 Å². The second kappa shape index (κ2) is 5.27. The highest BCUT2D eigenvalue weighted by Crippen LogP contribution is 2.25. The number of hydrogen-bond acceptors (Lipinski definition) is 2. The average molecular weight is 274 g/mol. The minimum absolute atomic E-state index is 0.120. The Morgan fingerprint density at radius 1 is 1.35 bits per heavy atom. The van der Waals surface area contributed by atoms with Crippen LogP contribution in [0.15, 0.2) is 18.2 Å². The Kier molecular flexibility index (Phi) is 3.84. The van der Waals surface area contributed by atoms with Crippen LogP contribution in [0.4, 0.5) is 0 Å². The zero-order valence-electron chi connectivity index (χ0n) is 12.6. The van der Waals surface area contributed by atoms with Crippen LogP contribution in [-0.2, 0) is 13.0 Å². The summed E-state index contributed by atoms with van der Waals surface area (Å²) in [4.78, 5) is 15.9. The first-order valence-corrected chi connectivity index (χ1v) is 7.05. The molecule has 1 heterocycles. The molecule has 0 saturated carbocycles. The summed E-state index contributed by atoms with van der Waals surface area (Å²) in [6, 6.07) is 5.37. The molecule has 0 radical (unpaired) electrons. The Labute approximate surface area is 119 Å². The molecule has 0 aliphatic carbocycles. The molecule has 0 spiro atoms. The second-order valence-electron chi connectivity index (χ2n) is 6.40. The van der Waals surface area contributed by atoms with E-state index in [4.69, 9.17) is 0 Å². The maximum Gasteiger partial charge on any atom is 0.337 e. The first kappa shape index (κ1) is 14.6. The van der Waals surface area contributed by atoms with Gasteiger partial charge in [0.25, 0.3) is 0 Å². The van der Waals surface area contributed by atoms with E-state index in [1.165, 1.54) is 0 Å². The van der Waals surface area contributed by atoms with Crippen molar-refractivity contribution in [1.29, 1.82) is 0 Å². The lowest BCUT2D eigenvalue weighted by Gasteiger charge is -2.21. The van der Waals surface area contributed by atoms with Crippen LogP contribution >= 0.6 is 0 Å². The molecule has 20 heavy (non-hydrogen) atoms. The molecule has 0 aliphatic heterocycles. The number of aromatic carboxylic acids is 1. The standard InChI is InChI=1S/C16H22N2O2/c1-5-7-13-17-14-11(15(19)20)8-6-9-12(14)18(13)10-16(2,3)4/h6,8-9H,5,7,10H2,1-4H3,(H,19,20). The molecule has 1 aromatic heterocycles. The SMILES string of the molecule is CCCc1nc2c(C(=O)O)cccc2n1CC(C)(C)C. The van der Waals surface area contributed by atoms with Crippen molar-refractivity contribution < 1.29 is 9.90 Å². The van der Waals surface area contributed by atoms with Crippen LogP contribution < -0.4 is 0 Å². The van der Waals surface area contributed by atoms with Crippen molar-refractivity contribution in [3.63, 3.8) is 0 Å². The van der Waals surface area contributed by atoms with E-state index in [1.807, 2.05) is 6.07 Å². The monoisotopic (exact) mass is 274 g/mol. The second-order valence-corrected chi connectivity index (χ2v) is 6.40. The number of fused-ring (bicyclic) bond motifs is 1. The van der Waals surface area contributed by atoms with Crippen molar-refractivity contribution in [1.82, 2.24) is 9.55 Å². The summed E-state index contributed by atoms with van der Waals surface area (Å²) in [7, 11) is 0. The molecule has 108 valence electrons. The topological polar surface area (TPSA) is 55.1 Å². The Morgan fingerprint density at radius 3 is 2.60 bits per heavy atom. The number of aromatic nitrogens is 2. The van der Waals surface area contributed by atoms with Gasteiger partial charge in [-0.25, -0.2) is 9.78 Å². The Hall–Kier alpha value is -1.84. The van der Waals surface area contributed by atoms with Gasteiger partial charge in [0, 0.05) is 13.0 Å². The van der Waals surface area contributed by atoms with E-state index in [0.29, 0.717) is 5.52 Å². The first-order valence-electron chi connectivity index (χ1n) is 7.05. The molecule has 0 aliphatic rings. The Balaban J connectivity index is 2.66. The van der Waals surface area contributed by atoms with Crippen molar-refractivity contribution >= 4 is 17.0 Å². The molecular weight excluding hydrogens is 252 g/mol. The molecule has 0 amide bonds. The molecule has 0 atom stereocenters. The molecule has 2 rings (SSSR count). The summed E-state index contributed by atoms with van der Waals surface area (Å²) >= 11 is 0. The molecule has 1 N–H and O–H groups in total. The van der Waals surface area contributed by atoms with E-state index in [1.54, 1.807) is 12.1 Å². The number of carboxylic acid groups (broad SMARTS) is 1. The fourth-order valence-corrected chi connectivity index (χ4v) is 2.43. The lowest BCUT2D eigenvalue weighted by atomic mass is 9.96. The minimum atomic E-state index is -0.918. The third-order valence-electron chi connectivity index (χ3n) is 3.19. The summed E-state index contributed by atoms with van der Waals surface area (Å²) in [6.07, 6.45) is 1.86. The zero-order valence-corrected chi connectivity index (χ0v) is 12.6. The largest absolute Gasteiger partial charge is 0.478 e. The molecule has 0 saturated heterocycles. The van der Waals surface area contributed by atoms with Gasteiger partial charge in [0.15, 0.2) is 0 Å². The number of para-hydroxylation sites is 1. The highest BCUT2D eigenvalue weighted by atomic mass is 16.4.